The quantitative estimate of drug-likeness (QED) is 0.159. The molecule has 0 aromatic heterocycles. The molecule has 186 valence electrons. The van der Waals surface area contributed by atoms with E-state index in [1.165, 1.54) is 76.2 Å². The van der Waals surface area contributed by atoms with Crippen molar-refractivity contribution in [2.45, 2.75) is 97.3 Å². The van der Waals surface area contributed by atoms with Gasteiger partial charge in [0.2, 0.25) is 0 Å². The Morgan fingerprint density at radius 3 is 1.94 bits per heavy atom. The first-order valence-electron chi connectivity index (χ1n) is 13.7. The second-order valence-corrected chi connectivity index (χ2v) is 10.0. The molecule has 0 atom stereocenters. The molecule has 0 spiro atoms. The van der Waals surface area contributed by atoms with Gasteiger partial charge in [0, 0.05) is 0 Å². The van der Waals surface area contributed by atoms with Gasteiger partial charge in [0.25, 0.3) is 0 Å². The van der Waals surface area contributed by atoms with Crippen LogP contribution in [0.15, 0.2) is 48.5 Å². The van der Waals surface area contributed by atoms with Crippen LogP contribution in [0, 0.1) is 11.8 Å². The summed E-state index contributed by atoms with van der Waals surface area (Å²) in [5.41, 5.74) is 1.82. The maximum Gasteiger partial charge on any atom is 0.343 e. The maximum absolute atomic E-state index is 12.5. The molecule has 1 saturated carbocycles. The van der Waals surface area contributed by atoms with Crippen molar-refractivity contribution in [1.29, 1.82) is 0 Å². The summed E-state index contributed by atoms with van der Waals surface area (Å²) < 4.78 is 11.5. The normalized spacial score (nSPS) is 17.9. The molecule has 1 aliphatic rings. The Morgan fingerprint density at radius 2 is 1.32 bits per heavy atom. The Balaban J connectivity index is 1.32. The topological polar surface area (TPSA) is 35.5 Å². The molecule has 0 unspecified atom stereocenters. The monoisotopic (exact) mass is 464 g/mol. The van der Waals surface area contributed by atoms with Crippen molar-refractivity contribution in [3.05, 3.63) is 59.7 Å². The first-order valence-corrected chi connectivity index (χ1v) is 13.7. The van der Waals surface area contributed by atoms with Crippen LogP contribution in [-0.4, -0.2) is 12.6 Å². The average Bonchev–Trinajstić information content (AvgIpc) is 2.87. The lowest BCUT2D eigenvalue weighted by atomic mass is 9.78. The minimum absolute atomic E-state index is 0.335. The van der Waals surface area contributed by atoms with Crippen LogP contribution < -0.4 is 9.47 Å². The minimum Gasteiger partial charge on any atom is -0.494 e. The maximum atomic E-state index is 12.5. The van der Waals surface area contributed by atoms with Crippen molar-refractivity contribution in [2.75, 3.05) is 6.61 Å². The molecule has 1 fully saturated rings. The third-order valence-corrected chi connectivity index (χ3v) is 7.25. The van der Waals surface area contributed by atoms with Gasteiger partial charge in [-0.1, -0.05) is 83.8 Å². The van der Waals surface area contributed by atoms with Gasteiger partial charge in [0.15, 0.2) is 0 Å². The van der Waals surface area contributed by atoms with Gasteiger partial charge >= 0.3 is 5.97 Å². The highest BCUT2D eigenvalue weighted by Crippen LogP contribution is 2.34. The summed E-state index contributed by atoms with van der Waals surface area (Å²) in [7, 11) is 0. The third kappa shape index (κ3) is 9.16. The van der Waals surface area contributed by atoms with E-state index in [9.17, 15) is 4.79 Å². The van der Waals surface area contributed by atoms with E-state index < -0.39 is 0 Å². The summed E-state index contributed by atoms with van der Waals surface area (Å²) in [6, 6.07) is 15.1. The Bertz CT molecular complexity index is 817. The summed E-state index contributed by atoms with van der Waals surface area (Å²) in [6.45, 7) is 5.22. The lowest BCUT2D eigenvalue weighted by molar-refractivity contribution is 0.0734. The first-order chi connectivity index (χ1) is 16.7. The van der Waals surface area contributed by atoms with Gasteiger partial charge in [-0.25, -0.2) is 4.79 Å². The summed E-state index contributed by atoms with van der Waals surface area (Å²) in [5.74, 6) is 2.92. The van der Waals surface area contributed by atoms with Gasteiger partial charge in [-0.05, 0) is 79.5 Å². The molecule has 0 amide bonds. The number of ether oxygens (including phenoxy) is 2. The fraction of sp³-hybridized carbons (Fsp3) is 0.581. The molecule has 3 heteroatoms. The number of esters is 1. The van der Waals surface area contributed by atoms with Crippen molar-refractivity contribution in [3.63, 3.8) is 0 Å². The van der Waals surface area contributed by atoms with E-state index in [1.807, 2.05) is 36.4 Å². The highest BCUT2D eigenvalue weighted by molar-refractivity contribution is 5.91. The molecule has 34 heavy (non-hydrogen) atoms. The van der Waals surface area contributed by atoms with E-state index in [-0.39, 0.29) is 5.97 Å². The zero-order valence-electron chi connectivity index (χ0n) is 21.4. The third-order valence-electron chi connectivity index (χ3n) is 7.25. The van der Waals surface area contributed by atoms with Crippen LogP contribution in [0.3, 0.4) is 0 Å². The molecular weight excluding hydrogens is 420 g/mol. The molecule has 0 saturated heterocycles. The zero-order chi connectivity index (χ0) is 24.0. The molecule has 0 bridgehead atoms. The summed E-state index contributed by atoms with van der Waals surface area (Å²) >= 11 is 0. The van der Waals surface area contributed by atoms with E-state index >= 15 is 0 Å². The van der Waals surface area contributed by atoms with Gasteiger partial charge in [-0.3, -0.25) is 0 Å². The zero-order valence-corrected chi connectivity index (χ0v) is 21.4. The number of aryl methyl sites for hydroxylation is 1. The van der Waals surface area contributed by atoms with E-state index in [1.54, 1.807) is 12.1 Å². The summed E-state index contributed by atoms with van der Waals surface area (Å²) in [5, 5.41) is 0. The molecule has 2 aromatic carbocycles. The Hall–Kier alpha value is -2.29. The molecule has 3 nitrogen and oxygen atoms in total. The van der Waals surface area contributed by atoms with E-state index in [2.05, 4.69) is 13.8 Å². The van der Waals surface area contributed by atoms with Crippen molar-refractivity contribution >= 4 is 5.97 Å². The molecule has 3 rings (SSSR count). The van der Waals surface area contributed by atoms with Crippen molar-refractivity contribution < 1.29 is 14.3 Å². The summed E-state index contributed by atoms with van der Waals surface area (Å²) in [4.78, 5) is 12.5. The molecule has 0 N–H and O–H groups in total. The number of unbranched alkanes of at least 4 members (excludes halogenated alkanes) is 3. The SMILES string of the molecule is CCCCC[C@H]1CC[C@H](CCCOc2ccc(C(=O)Oc3ccc(CCCC)cc3)cc2)CC1. The predicted octanol–water partition coefficient (Wildman–Crippen LogP) is 8.79. The number of hydrogen-bond acceptors (Lipinski definition) is 3. The predicted molar refractivity (Wildman–Crippen MR) is 141 cm³/mol. The summed E-state index contributed by atoms with van der Waals surface area (Å²) in [6.07, 6.45) is 17.0. The molecule has 1 aliphatic carbocycles. The number of carbonyl (C=O) groups excluding carboxylic acids is 1. The fourth-order valence-corrected chi connectivity index (χ4v) is 5.01. The van der Waals surface area contributed by atoms with Gasteiger partial charge in [0.1, 0.15) is 11.5 Å². The Morgan fingerprint density at radius 1 is 0.735 bits per heavy atom. The van der Waals surface area contributed by atoms with Gasteiger partial charge in [0.05, 0.1) is 12.2 Å². The van der Waals surface area contributed by atoms with Crippen LogP contribution in [0.4, 0.5) is 0 Å². The van der Waals surface area contributed by atoms with Gasteiger partial charge in [-0.15, -0.1) is 0 Å². The van der Waals surface area contributed by atoms with Gasteiger partial charge < -0.3 is 9.47 Å². The fourth-order valence-electron chi connectivity index (χ4n) is 5.01. The number of rotatable bonds is 14. The van der Waals surface area contributed by atoms with Crippen LogP contribution >= 0.6 is 0 Å². The Labute approximate surface area is 207 Å². The van der Waals surface area contributed by atoms with Crippen LogP contribution in [0.5, 0.6) is 11.5 Å². The standard InChI is InChI=1S/C31H44O3/c1-3-5-7-10-26-12-14-27(15-13-26)11-8-24-33-29-22-18-28(19-23-29)31(32)34-30-20-16-25(17-21-30)9-6-4-2/h16-23,26-27H,3-15,24H2,1-2H3/t26-,27-. The Kier molecular flexibility index (Phi) is 11.5. The first kappa shape index (κ1) is 26.3. The van der Waals surface area contributed by atoms with Crippen LogP contribution in [-0.2, 0) is 6.42 Å². The smallest absolute Gasteiger partial charge is 0.343 e. The van der Waals surface area contributed by atoms with Gasteiger partial charge in [-0.2, -0.15) is 0 Å². The molecule has 0 aliphatic heterocycles. The van der Waals surface area contributed by atoms with Crippen LogP contribution in [0.25, 0.3) is 0 Å². The van der Waals surface area contributed by atoms with Crippen molar-refractivity contribution in [1.82, 2.24) is 0 Å². The van der Waals surface area contributed by atoms with Crippen LogP contribution in [0.2, 0.25) is 0 Å². The van der Waals surface area contributed by atoms with Crippen molar-refractivity contribution in [2.24, 2.45) is 11.8 Å². The molecule has 2 aromatic rings. The highest BCUT2D eigenvalue weighted by Gasteiger charge is 2.20. The van der Waals surface area contributed by atoms with E-state index in [0.29, 0.717) is 11.3 Å². The van der Waals surface area contributed by atoms with Crippen molar-refractivity contribution in [3.8, 4) is 11.5 Å². The highest BCUT2D eigenvalue weighted by atomic mass is 16.5. The second kappa shape index (κ2) is 14.9. The number of carbonyl (C=O) groups is 1. The van der Waals surface area contributed by atoms with Crippen LogP contribution in [0.1, 0.15) is 107 Å². The number of benzene rings is 2. The average molecular weight is 465 g/mol. The second-order valence-electron chi connectivity index (χ2n) is 10.0. The lowest BCUT2D eigenvalue weighted by Crippen LogP contribution is -2.15. The molecule has 0 radical (unpaired) electrons. The molecule has 0 heterocycles. The molecular formula is C31H44O3. The minimum atomic E-state index is -0.335. The lowest BCUT2D eigenvalue weighted by Gasteiger charge is -2.28. The number of hydrogen-bond donors (Lipinski definition) is 0. The largest absolute Gasteiger partial charge is 0.494 e. The van der Waals surface area contributed by atoms with E-state index in [0.717, 1.165) is 37.0 Å². The van der Waals surface area contributed by atoms with E-state index in [4.69, 9.17) is 9.47 Å².